The molecule has 1 rings (SSSR count). The molecule has 0 unspecified atom stereocenters. The van der Waals surface area contributed by atoms with Crippen LogP contribution in [0.25, 0.3) is 12.2 Å². The predicted molar refractivity (Wildman–Crippen MR) is 69.7 cm³/mol. The van der Waals surface area contributed by atoms with Crippen molar-refractivity contribution in [2.45, 2.75) is 33.6 Å². The Balaban J connectivity index is 0.000000423. The monoisotopic (exact) mass is 203 g/mol. The number of aryl methyl sites for hydroxylation is 1. The molecule has 0 saturated heterocycles. The van der Waals surface area contributed by atoms with E-state index in [1.54, 1.807) is 12.2 Å². The predicted octanol–water partition coefficient (Wildman–Crippen LogP) is 4.48. The van der Waals surface area contributed by atoms with Gasteiger partial charge in [-0.1, -0.05) is 45.9 Å². The Morgan fingerprint density at radius 2 is 1.80 bits per heavy atom. The SMILES string of the molecule is C=Cc1cc(C)cnc1C=C.CCCC. The Bertz CT molecular complexity index is 311. The molecule has 1 aromatic heterocycles. The van der Waals surface area contributed by atoms with Crippen molar-refractivity contribution in [3.8, 4) is 0 Å². The number of hydrogen-bond acceptors (Lipinski definition) is 1. The molecular weight excluding hydrogens is 182 g/mol. The summed E-state index contributed by atoms with van der Waals surface area (Å²) in [6, 6.07) is 2.04. The van der Waals surface area contributed by atoms with Crippen molar-refractivity contribution in [2.24, 2.45) is 0 Å². The summed E-state index contributed by atoms with van der Waals surface area (Å²) in [7, 11) is 0. The van der Waals surface area contributed by atoms with E-state index in [1.807, 2.05) is 19.2 Å². The molecule has 82 valence electrons. The molecule has 0 fully saturated rings. The first-order valence-electron chi connectivity index (χ1n) is 5.41. The molecule has 0 aliphatic carbocycles. The van der Waals surface area contributed by atoms with Crippen LogP contribution in [0.3, 0.4) is 0 Å². The summed E-state index contributed by atoms with van der Waals surface area (Å²) in [4.78, 5) is 4.18. The summed E-state index contributed by atoms with van der Waals surface area (Å²) in [5, 5.41) is 0. The van der Waals surface area contributed by atoms with E-state index >= 15 is 0 Å². The Morgan fingerprint density at radius 1 is 1.20 bits per heavy atom. The fraction of sp³-hybridized carbons (Fsp3) is 0.357. The summed E-state index contributed by atoms with van der Waals surface area (Å²) >= 11 is 0. The molecule has 0 aliphatic heterocycles. The summed E-state index contributed by atoms with van der Waals surface area (Å²) in [5.41, 5.74) is 3.08. The molecule has 1 aromatic rings. The number of hydrogen-bond donors (Lipinski definition) is 0. The van der Waals surface area contributed by atoms with Gasteiger partial charge in [-0.25, -0.2) is 0 Å². The van der Waals surface area contributed by atoms with E-state index < -0.39 is 0 Å². The van der Waals surface area contributed by atoms with E-state index in [0.29, 0.717) is 0 Å². The second-order valence-electron chi connectivity index (χ2n) is 3.40. The van der Waals surface area contributed by atoms with Crippen molar-refractivity contribution in [1.82, 2.24) is 4.98 Å². The lowest BCUT2D eigenvalue weighted by Crippen LogP contribution is -1.86. The molecule has 1 heterocycles. The smallest absolute Gasteiger partial charge is 0.0696 e. The highest BCUT2D eigenvalue weighted by atomic mass is 14.7. The van der Waals surface area contributed by atoms with Gasteiger partial charge < -0.3 is 0 Å². The molecule has 15 heavy (non-hydrogen) atoms. The van der Waals surface area contributed by atoms with E-state index in [2.05, 4.69) is 32.0 Å². The fourth-order valence-corrected chi connectivity index (χ4v) is 0.936. The highest BCUT2D eigenvalue weighted by Crippen LogP contribution is 2.10. The Morgan fingerprint density at radius 3 is 2.20 bits per heavy atom. The second kappa shape index (κ2) is 7.98. The third-order valence-corrected chi connectivity index (χ3v) is 2.00. The van der Waals surface area contributed by atoms with Gasteiger partial charge in [-0.05, 0) is 30.2 Å². The van der Waals surface area contributed by atoms with Gasteiger partial charge in [0.1, 0.15) is 0 Å². The van der Waals surface area contributed by atoms with Gasteiger partial charge in [-0.2, -0.15) is 0 Å². The highest BCUT2D eigenvalue weighted by Gasteiger charge is 1.95. The van der Waals surface area contributed by atoms with Gasteiger partial charge in [-0.3, -0.25) is 4.98 Å². The topological polar surface area (TPSA) is 12.9 Å². The Hall–Kier alpha value is -1.37. The van der Waals surface area contributed by atoms with Crippen molar-refractivity contribution >= 4 is 12.2 Å². The summed E-state index contributed by atoms with van der Waals surface area (Å²) in [5.74, 6) is 0. The minimum Gasteiger partial charge on any atom is -0.256 e. The zero-order valence-electron chi connectivity index (χ0n) is 10.1. The van der Waals surface area contributed by atoms with Gasteiger partial charge in [0.15, 0.2) is 0 Å². The second-order valence-corrected chi connectivity index (χ2v) is 3.40. The molecule has 0 radical (unpaired) electrons. The van der Waals surface area contributed by atoms with Gasteiger partial charge in [-0.15, -0.1) is 0 Å². The maximum atomic E-state index is 4.18. The molecule has 0 amide bonds. The lowest BCUT2D eigenvalue weighted by atomic mass is 10.1. The van der Waals surface area contributed by atoms with Crippen molar-refractivity contribution in [3.05, 3.63) is 42.2 Å². The number of pyridine rings is 1. The van der Waals surface area contributed by atoms with Crippen LogP contribution >= 0.6 is 0 Å². The molecule has 0 bridgehead atoms. The van der Waals surface area contributed by atoms with Crippen molar-refractivity contribution < 1.29 is 0 Å². The minimum atomic E-state index is 0.894. The quantitative estimate of drug-likeness (QED) is 0.705. The van der Waals surface area contributed by atoms with Crippen LogP contribution in [0.4, 0.5) is 0 Å². The van der Waals surface area contributed by atoms with Crippen LogP contribution in [0.15, 0.2) is 25.4 Å². The zero-order valence-corrected chi connectivity index (χ0v) is 10.1. The van der Waals surface area contributed by atoms with Gasteiger partial charge in [0.25, 0.3) is 0 Å². The summed E-state index contributed by atoms with van der Waals surface area (Å²) in [6.07, 6.45) is 7.98. The van der Waals surface area contributed by atoms with Gasteiger partial charge in [0, 0.05) is 6.20 Å². The van der Waals surface area contributed by atoms with Gasteiger partial charge >= 0.3 is 0 Å². The molecule has 0 atom stereocenters. The van der Waals surface area contributed by atoms with Crippen LogP contribution in [-0.4, -0.2) is 4.98 Å². The van der Waals surface area contributed by atoms with E-state index in [0.717, 1.165) is 16.8 Å². The highest BCUT2D eigenvalue weighted by molar-refractivity contribution is 5.60. The van der Waals surface area contributed by atoms with Crippen LogP contribution in [0.5, 0.6) is 0 Å². The normalized spacial score (nSPS) is 8.73. The number of aromatic nitrogens is 1. The molecule has 0 saturated carbocycles. The molecule has 0 N–H and O–H groups in total. The molecule has 0 spiro atoms. The number of rotatable bonds is 3. The summed E-state index contributed by atoms with van der Waals surface area (Å²) < 4.78 is 0. The molecule has 1 heteroatoms. The van der Waals surface area contributed by atoms with Crippen molar-refractivity contribution in [2.75, 3.05) is 0 Å². The van der Waals surface area contributed by atoms with Crippen molar-refractivity contribution in [1.29, 1.82) is 0 Å². The maximum absolute atomic E-state index is 4.18. The van der Waals surface area contributed by atoms with E-state index in [4.69, 9.17) is 0 Å². The first kappa shape index (κ1) is 13.6. The standard InChI is InChI=1S/C10H11N.C4H10/c1-4-9-6-8(3)7-11-10(9)5-2;1-3-4-2/h4-7H,1-2H2,3H3;3-4H2,1-2H3. The zero-order chi connectivity index (χ0) is 11.7. The van der Waals surface area contributed by atoms with E-state index in [1.165, 1.54) is 12.8 Å². The van der Waals surface area contributed by atoms with Crippen LogP contribution in [0.1, 0.15) is 43.5 Å². The number of unbranched alkanes of at least 4 members (excludes halogenated alkanes) is 1. The van der Waals surface area contributed by atoms with Gasteiger partial charge in [0.05, 0.1) is 5.69 Å². The molecule has 1 nitrogen and oxygen atoms in total. The molecule has 0 aliphatic rings. The average Bonchev–Trinajstić information content (AvgIpc) is 2.29. The third-order valence-electron chi connectivity index (χ3n) is 2.00. The first-order valence-corrected chi connectivity index (χ1v) is 5.41. The largest absolute Gasteiger partial charge is 0.256 e. The molecular formula is C14H21N. The first-order chi connectivity index (χ1) is 7.19. The Kier molecular flexibility index (Phi) is 7.25. The van der Waals surface area contributed by atoms with E-state index in [-0.39, 0.29) is 0 Å². The van der Waals surface area contributed by atoms with Gasteiger partial charge in [0.2, 0.25) is 0 Å². The fourth-order valence-electron chi connectivity index (χ4n) is 0.936. The Labute approximate surface area is 93.6 Å². The lowest BCUT2D eigenvalue weighted by molar-refractivity contribution is 0.886. The maximum Gasteiger partial charge on any atom is 0.0696 e. The van der Waals surface area contributed by atoms with Crippen LogP contribution in [-0.2, 0) is 0 Å². The average molecular weight is 203 g/mol. The van der Waals surface area contributed by atoms with Crippen LogP contribution in [0.2, 0.25) is 0 Å². The van der Waals surface area contributed by atoms with Crippen LogP contribution < -0.4 is 0 Å². The minimum absolute atomic E-state index is 0.894. The number of nitrogens with zero attached hydrogens (tertiary/aromatic N) is 1. The summed E-state index contributed by atoms with van der Waals surface area (Å²) in [6.45, 7) is 13.7. The third kappa shape index (κ3) is 5.16. The van der Waals surface area contributed by atoms with Crippen LogP contribution in [0, 0.1) is 6.92 Å². The lowest BCUT2D eigenvalue weighted by Gasteiger charge is -1.99. The molecule has 0 aromatic carbocycles. The van der Waals surface area contributed by atoms with E-state index in [9.17, 15) is 0 Å². The van der Waals surface area contributed by atoms with Crippen molar-refractivity contribution in [3.63, 3.8) is 0 Å².